The fourth-order valence-electron chi connectivity index (χ4n) is 2.75. The molecule has 0 saturated carbocycles. The lowest BCUT2D eigenvalue weighted by Gasteiger charge is -2.12. The van der Waals surface area contributed by atoms with Gasteiger partial charge in [0.25, 0.3) is 0 Å². The van der Waals surface area contributed by atoms with Gasteiger partial charge in [-0.1, -0.05) is 19.3 Å². The van der Waals surface area contributed by atoms with Gasteiger partial charge in [0.05, 0.1) is 24.1 Å². The Bertz CT molecular complexity index is 1250. The standard InChI is InChI=1S/C23H23F4N3O4S/c1-4-6-11-34-22-17(7-9-19(29-22)23(25,26)27)8-10-20(31)28-14-15-12-16(5-2)21(18(24)13-15)30-35(3,32)33/h2,7-10,12-13,30H,4,6,11,14H2,1,3H3,(H,28,31). The minimum atomic E-state index is -4.65. The lowest BCUT2D eigenvalue weighted by atomic mass is 10.1. The Balaban J connectivity index is 2.15. The van der Waals surface area contributed by atoms with Crippen molar-refractivity contribution in [2.75, 3.05) is 17.6 Å². The Kier molecular flexibility index (Phi) is 9.25. The van der Waals surface area contributed by atoms with Crippen LogP contribution in [-0.2, 0) is 27.5 Å². The summed E-state index contributed by atoms with van der Waals surface area (Å²) < 4.78 is 83.4. The second-order valence-corrected chi connectivity index (χ2v) is 9.11. The maximum absolute atomic E-state index is 14.4. The normalized spacial score (nSPS) is 11.8. The zero-order valence-electron chi connectivity index (χ0n) is 18.9. The number of aromatic nitrogens is 1. The molecule has 2 rings (SSSR count). The first-order chi connectivity index (χ1) is 16.3. The highest BCUT2D eigenvalue weighted by atomic mass is 32.2. The zero-order chi connectivity index (χ0) is 26.2. The van der Waals surface area contributed by atoms with Gasteiger partial charge in [0.15, 0.2) is 0 Å². The highest BCUT2D eigenvalue weighted by Gasteiger charge is 2.33. The van der Waals surface area contributed by atoms with Crippen LogP contribution in [-0.4, -0.2) is 32.2 Å². The number of hydrogen-bond acceptors (Lipinski definition) is 5. The highest BCUT2D eigenvalue weighted by Crippen LogP contribution is 2.30. The van der Waals surface area contributed by atoms with Crippen molar-refractivity contribution in [1.29, 1.82) is 0 Å². The number of nitrogens with zero attached hydrogens (tertiary/aromatic N) is 1. The van der Waals surface area contributed by atoms with Crippen molar-refractivity contribution < 1.29 is 35.5 Å². The van der Waals surface area contributed by atoms with Crippen molar-refractivity contribution in [3.63, 3.8) is 0 Å². The van der Waals surface area contributed by atoms with Crippen LogP contribution < -0.4 is 14.8 Å². The molecule has 7 nitrogen and oxygen atoms in total. The van der Waals surface area contributed by atoms with E-state index in [9.17, 15) is 30.8 Å². The Hall–Kier alpha value is -3.59. The number of rotatable bonds is 10. The summed E-state index contributed by atoms with van der Waals surface area (Å²) in [6.45, 7) is 1.90. The number of terminal acetylenes is 1. The number of ether oxygens (including phenoxy) is 1. The fraction of sp³-hybridized carbons (Fsp3) is 0.304. The maximum Gasteiger partial charge on any atom is 0.433 e. The number of pyridine rings is 1. The Morgan fingerprint density at radius 2 is 2.00 bits per heavy atom. The topological polar surface area (TPSA) is 97.4 Å². The number of carbonyl (C=O) groups excluding carboxylic acids is 1. The first-order valence-corrected chi connectivity index (χ1v) is 12.2. The van der Waals surface area contributed by atoms with E-state index in [0.717, 1.165) is 37.0 Å². The van der Waals surface area contributed by atoms with Gasteiger partial charge < -0.3 is 10.1 Å². The van der Waals surface area contributed by atoms with E-state index < -0.39 is 33.6 Å². The Morgan fingerprint density at radius 3 is 2.60 bits per heavy atom. The molecule has 2 N–H and O–H groups in total. The molecule has 0 unspecified atom stereocenters. The predicted octanol–water partition coefficient (Wildman–Crippen LogP) is 4.10. The van der Waals surface area contributed by atoms with Gasteiger partial charge in [0.2, 0.25) is 21.8 Å². The number of nitrogens with one attached hydrogen (secondary N) is 2. The van der Waals surface area contributed by atoms with Gasteiger partial charge in [0, 0.05) is 18.2 Å². The number of sulfonamides is 1. The summed E-state index contributed by atoms with van der Waals surface area (Å²) in [5.41, 5.74) is -1.13. The van der Waals surface area contributed by atoms with Crippen molar-refractivity contribution >= 4 is 27.7 Å². The second kappa shape index (κ2) is 11.7. The van der Waals surface area contributed by atoms with Crippen LogP contribution in [0.3, 0.4) is 0 Å². The molecule has 0 aliphatic carbocycles. The Labute approximate surface area is 200 Å². The minimum Gasteiger partial charge on any atom is -0.477 e. The van der Waals surface area contributed by atoms with E-state index in [1.54, 1.807) is 0 Å². The molecule has 0 bridgehead atoms. The van der Waals surface area contributed by atoms with Crippen molar-refractivity contribution in [2.45, 2.75) is 32.5 Å². The van der Waals surface area contributed by atoms with Gasteiger partial charge in [-0.05, 0) is 42.3 Å². The third-order valence-electron chi connectivity index (χ3n) is 4.39. The predicted molar refractivity (Wildman–Crippen MR) is 123 cm³/mol. The number of anilines is 1. The number of benzene rings is 1. The van der Waals surface area contributed by atoms with E-state index in [1.807, 2.05) is 11.6 Å². The van der Waals surface area contributed by atoms with Gasteiger partial charge in [-0.2, -0.15) is 13.2 Å². The largest absolute Gasteiger partial charge is 0.477 e. The maximum atomic E-state index is 14.4. The average Bonchev–Trinajstić information content (AvgIpc) is 2.76. The molecular formula is C23H23F4N3O4S. The van der Waals surface area contributed by atoms with Crippen LogP contribution in [0.1, 0.15) is 42.1 Å². The SMILES string of the molecule is C#Cc1cc(CNC(=O)C=Cc2ccc(C(F)(F)F)nc2OCCCC)cc(F)c1NS(C)(=O)=O. The summed E-state index contributed by atoms with van der Waals surface area (Å²) >= 11 is 0. The molecule has 2 aromatic rings. The van der Waals surface area contributed by atoms with E-state index in [0.29, 0.717) is 6.42 Å². The van der Waals surface area contributed by atoms with E-state index >= 15 is 0 Å². The summed E-state index contributed by atoms with van der Waals surface area (Å²) in [7, 11) is -3.77. The van der Waals surface area contributed by atoms with Crippen LogP contribution in [0, 0.1) is 18.2 Å². The molecule has 0 radical (unpaired) electrons. The van der Waals surface area contributed by atoms with Gasteiger partial charge in [-0.25, -0.2) is 17.8 Å². The minimum absolute atomic E-state index is 0.0556. The van der Waals surface area contributed by atoms with E-state index in [-0.39, 0.29) is 41.4 Å². The van der Waals surface area contributed by atoms with Crippen molar-refractivity contribution in [1.82, 2.24) is 10.3 Å². The van der Waals surface area contributed by atoms with E-state index in [4.69, 9.17) is 11.2 Å². The van der Waals surface area contributed by atoms with Crippen LogP contribution in [0.2, 0.25) is 0 Å². The monoisotopic (exact) mass is 513 g/mol. The summed E-state index contributed by atoms with van der Waals surface area (Å²) in [6.07, 6.45) is 5.21. The molecular weight excluding hydrogens is 490 g/mol. The number of halogens is 4. The second-order valence-electron chi connectivity index (χ2n) is 7.36. The molecule has 188 valence electrons. The first kappa shape index (κ1) is 27.7. The third-order valence-corrected chi connectivity index (χ3v) is 4.97. The van der Waals surface area contributed by atoms with Crippen LogP contribution in [0.4, 0.5) is 23.2 Å². The van der Waals surface area contributed by atoms with Crippen LogP contribution in [0.5, 0.6) is 5.88 Å². The van der Waals surface area contributed by atoms with E-state index in [1.165, 1.54) is 12.1 Å². The average molecular weight is 514 g/mol. The van der Waals surface area contributed by atoms with Crippen molar-refractivity contribution in [3.05, 3.63) is 58.5 Å². The molecule has 12 heteroatoms. The van der Waals surface area contributed by atoms with Gasteiger partial charge >= 0.3 is 6.18 Å². The van der Waals surface area contributed by atoms with E-state index in [2.05, 4.69) is 16.2 Å². The van der Waals surface area contributed by atoms with Gasteiger partial charge in [-0.3, -0.25) is 9.52 Å². The fourth-order valence-corrected chi connectivity index (χ4v) is 3.32. The number of amides is 1. The van der Waals surface area contributed by atoms with Crippen LogP contribution >= 0.6 is 0 Å². The molecule has 0 spiro atoms. The lowest BCUT2D eigenvalue weighted by Crippen LogP contribution is -2.21. The highest BCUT2D eigenvalue weighted by molar-refractivity contribution is 7.92. The van der Waals surface area contributed by atoms with Gasteiger partial charge in [0.1, 0.15) is 11.5 Å². The first-order valence-electron chi connectivity index (χ1n) is 10.3. The third kappa shape index (κ3) is 8.60. The molecule has 35 heavy (non-hydrogen) atoms. The smallest absolute Gasteiger partial charge is 0.433 e. The molecule has 1 heterocycles. The zero-order valence-corrected chi connectivity index (χ0v) is 19.7. The quantitative estimate of drug-likeness (QED) is 0.216. The van der Waals surface area contributed by atoms with Crippen LogP contribution in [0.15, 0.2) is 30.3 Å². The molecule has 0 aliphatic heterocycles. The molecule has 1 aromatic carbocycles. The number of carbonyl (C=O) groups is 1. The Morgan fingerprint density at radius 1 is 1.29 bits per heavy atom. The lowest BCUT2D eigenvalue weighted by molar-refractivity contribution is -0.141. The van der Waals surface area contributed by atoms with Crippen molar-refractivity contribution in [3.8, 4) is 18.2 Å². The summed E-state index contributed by atoms with van der Waals surface area (Å²) in [6, 6.07) is 4.27. The summed E-state index contributed by atoms with van der Waals surface area (Å²) in [5.74, 6) is 0.369. The molecule has 0 fully saturated rings. The number of alkyl halides is 3. The summed E-state index contributed by atoms with van der Waals surface area (Å²) in [4.78, 5) is 15.7. The molecule has 1 amide bonds. The molecule has 1 aromatic heterocycles. The van der Waals surface area contributed by atoms with Gasteiger partial charge in [-0.15, -0.1) is 6.42 Å². The van der Waals surface area contributed by atoms with Crippen LogP contribution in [0.25, 0.3) is 6.08 Å². The van der Waals surface area contributed by atoms with Crippen molar-refractivity contribution in [2.24, 2.45) is 0 Å². The number of hydrogen-bond donors (Lipinski definition) is 2. The summed E-state index contributed by atoms with van der Waals surface area (Å²) in [5, 5.41) is 2.48. The number of unbranched alkanes of at least 4 members (excludes halogenated alkanes) is 1. The molecule has 0 aliphatic rings. The molecule has 0 saturated heterocycles. The molecule has 0 atom stereocenters.